The SMILES string of the molecule is CC(=O)C(Br)C(C)c1cccc(F)c1F. The Morgan fingerprint density at radius 1 is 1.40 bits per heavy atom. The van der Waals surface area contributed by atoms with Crippen molar-refractivity contribution in [2.24, 2.45) is 0 Å². The van der Waals surface area contributed by atoms with Crippen molar-refractivity contribution in [3.05, 3.63) is 35.4 Å². The van der Waals surface area contributed by atoms with Gasteiger partial charge in [0, 0.05) is 5.92 Å². The average molecular weight is 277 g/mol. The summed E-state index contributed by atoms with van der Waals surface area (Å²) in [5.74, 6) is -2.26. The molecular formula is C11H11BrF2O. The van der Waals surface area contributed by atoms with E-state index in [1.165, 1.54) is 19.1 Å². The molecule has 0 fully saturated rings. The lowest BCUT2D eigenvalue weighted by Gasteiger charge is -2.16. The summed E-state index contributed by atoms with van der Waals surface area (Å²) in [5.41, 5.74) is 0.215. The van der Waals surface area contributed by atoms with Gasteiger partial charge in [-0.15, -0.1) is 0 Å². The average Bonchev–Trinajstić information content (AvgIpc) is 2.20. The van der Waals surface area contributed by atoms with E-state index in [1.54, 1.807) is 6.92 Å². The number of hydrogen-bond donors (Lipinski definition) is 0. The molecule has 1 rings (SSSR count). The molecule has 0 bridgehead atoms. The second-order valence-corrected chi connectivity index (χ2v) is 4.43. The molecule has 0 saturated heterocycles. The molecule has 0 radical (unpaired) electrons. The summed E-state index contributed by atoms with van der Waals surface area (Å²) < 4.78 is 26.3. The van der Waals surface area contributed by atoms with Crippen molar-refractivity contribution in [2.45, 2.75) is 24.6 Å². The molecule has 1 nitrogen and oxygen atoms in total. The molecule has 1 aromatic carbocycles. The summed E-state index contributed by atoms with van der Waals surface area (Å²) in [6.45, 7) is 3.09. The Kier molecular flexibility index (Phi) is 3.97. The molecule has 15 heavy (non-hydrogen) atoms. The van der Waals surface area contributed by atoms with E-state index < -0.39 is 22.4 Å². The van der Waals surface area contributed by atoms with Crippen LogP contribution >= 0.6 is 15.9 Å². The van der Waals surface area contributed by atoms with E-state index in [0.717, 1.165) is 6.07 Å². The van der Waals surface area contributed by atoms with Gasteiger partial charge in [0.25, 0.3) is 0 Å². The minimum Gasteiger partial charge on any atom is -0.299 e. The van der Waals surface area contributed by atoms with E-state index in [2.05, 4.69) is 15.9 Å². The molecule has 82 valence electrons. The Hall–Kier alpha value is -0.770. The maximum Gasteiger partial charge on any atom is 0.162 e. The Morgan fingerprint density at radius 2 is 2.00 bits per heavy atom. The van der Waals surface area contributed by atoms with Gasteiger partial charge in [-0.05, 0) is 18.6 Å². The molecule has 2 atom stereocenters. The molecule has 0 heterocycles. The first-order valence-electron chi connectivity index (χ1n) is 4.53. The van der Waals surface area contributed by atoms with Crippen LogP contribution in [0.3, 0.4) is 0 Å². The van der Waals surface area contributed by atoms with Crippen LogP contribution in [0.2, 0.25) is 0 Å². The van der Waals surface area contributed by atoms with Crippen LogP contribution in [0.5, 0.6) is 0 Å². The highest BCUT2D eigenvalue weighted by Gasteiger charge is 2.23. The predicted octanol–water partition coefficient (Wildman–Crippen LogP) is 3.42. The lowest BCUT2D eigenvalue weighted by Crippen LogP contribution is -2.18. The van der Waals surface area contributed by atoms with Crippen molar-refractivity contribution in [1.82, 2.24) is 0 Å². The Bertz CT molecular complexity index is 379. The summed E-state index contributed by atoms with van der Waals surface area (Å²) in [6, 6.07) is 3.98. The lowest BCUT2D eigenvalue weighted by atomic mass is 9.95. The number of alkyl halides is 1. The highest BCUT2D eigenvalue weighted by atomic mass is 79.9. The van der Waals surface area contributed by atoms with E-state index in [0.29, 0.717) is 0 Å². The third kappa shape index (κ3) is 2.62. The number of Topliss-reactive ketones (excluding diaryl/α,β-unsaturated/α-hetero) is 1. The highest BCUT2D eigenvalue weighted by molar-refractivity contribution is 9.10. The fourth-order valence-electron chi connectivity index (χ4n) is 1.38. The van der Waals surface area contributed by atoms with Gasteiger partial charge in [0.1, 0.15) is 5.78 Å². The van der Waals surface area contributed by atoms with Gasteiger partial charge in [0.2, 0.25) is 0 Å². The van der Waals surface area contributed by atoms with Crippen molar-refractivity contribution in [3.8, 4) is 0 Å². The van der Waals surface area contributed by atoms with Gasteiger partial charge in [-0.25, -0.2) is 8.78 Å². The molecule has 2 unspecified atom stereocenters. The van der Waals surface area contributed by atoms with Gasteiger partial charge >= 0.3 is 0 Å². The molecule has 0 spiro atoms. The van der Waals surface area contributed by atoms with Crippen LogP contribution in [0, 0.1) is 11.6 Å². The zero-order valence-corrected chi connectivity index (χ0v) is 10.0. The maximum atomic E-state index is 13.4. The standard InChI is InChI=1S/C11H11BrF2O/c1-6(10(12)7(2)15)8-4-3-5-9(13)11(8)14/h3-6,10H,1-2H3. The van der Waals surface area contributed by atoms with Crippen LogP contribution in [-0.2, 0) is 4.79 Å². The summed E-state index contributed by atoms with van der Waals surface area (Å²) in [4.78, 5) is 10.6. The van der Waals surface area contributed by atoms with Gasteiger partial charge in [-0.1, -0.05) is 35.0 Å². The molecule has 1 aromatic rings. The summed E-state index contributed by atoms with van der Waals surface area (Å²) in [6.07, 6.45) is 0. The number of ketones is 1. The third-order valence-electron chi connectivity index (χ3n) is 2.30. The molecular weight excluding hydrogens is 266 g/mol. The molecule has 0 aliphatic rings. The van der Waals surface area contributed by atoms with Crippen molar-refractivity contribution in [3.63, 3.8) is 0 Å². The second kappa shape index (κ2) is 4.84. The molecule has 0 amide bonds. The fraction of sp³-hybridized carbons (Fsp3) is 0.364. The molecule has 4 heteroatoms. The normalized spacial score (nSPS) is 14.7. The zero-order chi connectivity index (χ0) is 11.6. The van der Waals surface area contributed by atoms with E-state index >= 15 is 0 Å². The number of rotatable bonds is 3. The number of carbonyl (C=O) groups excluding carboxylic acids is 1. The fourth-order valence-corrected chi connectivity index (χ4v) is 1.67. The molecule has 0 aliphatic carbocycles. The number of hydrogen-bond acceptors (Lipinski definition) is 1. The van der Waals surface area contributed by atoms with Crippen LogP contribution in [0.4, 0.5) is 8.78 Å². The predicted molar refractivity (Wildman–Crippen MR) is 58.2 cm³/mol. The zero-order valence-electron chi connectivity index (χ0n) is 8.43. The first-order chi connectivity index (χ1) is 6.95. The maximum absolute atomic E-state index is 13.4. The largest absolute Gasteiger partial charge is 0.299 e. The van der Waals surface area contributed by atoms with Crippen molar-refractivity contribution in [1.29, 1.82) is 0 Å². The van der Waals surface area contributed by atoms with Crippen LogP contribution in [0.25, 0.3) is 0 Å². The van der Waals surface area contributed by atoms with Gasteiger partial charge < -0.3 is 0 Å². The molecule has 0 N–H and O–H groups in total. The molecule has 0 aliphatic heterocycles. The van der Waals surface area contributed by atoms with Crippen molar-refractivity contribution < 1.29 is 13.6 Å². The number of carbonyl (C=O) groups is 1. The quantitative estimate of drug-likeness (QED) is 0.774. The Balaban J connectivity index is 3.06. The Morgan fingerprint density at radius 3 is 2.53 bits per heavy atom. The van der Waals surface area contributed by atoms with Crippen LogP contribution in [0.15, 0.2) is 18.2 Å². The van der Waals surface area contributed by atoms with E-state index in [-0.39, 0.29) is 11.3 Å². The van der Waals surface area contributed by atoms with Crippen molar-refractivity contribution in [2.75, 3.05) is 0 Å². The smallest absolute Gasteiger partial charge is 0.162 e. The van der Waals surface area contributed by atoms with Gasteiger partial charge in [0.15, 0.2) is 11.6 Å². The second-order valence-electron chi connectivity index (χ2n) is 3.44. The highest BCUT2D eigenvalue weighted by Crippen LogP contribution is 2.28. The van der Waals surface area contributed by atoms with Gasteiger partial charge in [-0.3, -0.25) is 4.79 Å². The lowest BCUT2D eigenvalue weighted by molar-refractivity contribution is -0.116. The molecule has 0 aromatic heterocycles. The monoisotopic (exact) mass is 276 g/mol. The van der Waals surface area contributed by atoms with Gasteiger partial charge in [-0.2, -0.15) is 0 Å². The van der Waals surface area contributed by atoms with Crippen LogP contribution < -0.4 is 0 Å². The number of benzene rings is 1. The third-order valence-corrected chi connectivity index (χ3v) is 3.74. The van der Waals surface area contributed by atoms with Crippen LogP contribution in [-0.4, -0.2) is 10.6 Å². The van der Waals surface area contributed by atoms with Crippen LogP contribution in [0.1, 0.15) is 25.3 Å². The first kappa shape index (κ1) is 12.3. The first-order valence-corrected chi connectivity index (χ1v) is 5.45. The minimum atomic E-state index is -0.886. The minimum absolute atomic E-state index is 0.105. The summed E-state index contributed by atoms with van der Waals surface area (Å²) in [7, 11) is 0. The van der Waals surface area contributed by atoms with Crippen molar-refractivity contribution >= 4 is 21.7 Å². The Labute approximate surface area is 95.6 Å². The topological polar surface area (TPSA) is 17.1 Å². The van der Waals surface area contributed by atoms with E-state index in [1.807, 2.05) is 0 Å². The van der Waals surface area contributed by atoms with Gasteiger partial charge in [0.05, 0.1) is 4.83 Å². The molecule has 0 saturated carbocycles. The summed E-state index contributed by atoms with van der Waals surface area (Å²) >= 11 is 3.16. The van der Waals surface area contributed by atoms with E-state index in [9.17, 15) is 13.6 Å². The number of halogens is 3. The summed E-state index contributed by atoms with van der Waals surface area (Å²) in [5, 5.41) is 0. The van der Waals surface area contributed by atoms with E-state index in [4.69, 9.17) is 0 Å².